The molecule has 6 rings (SSSR count). The molecule has 0 atom stereocenters. The molecule has 3 aromatic carbocycles. The summed E-state index contributed by atoms with van der Waals surface area (Å²) in [5.41, 5.74) is 10.9. The lowest BCUT2D eigenvalue weighted by Gasteiger charge is -2.13. The number of fused-ring (bicyclic) bond motifs is 3. The molecular weight excluding hydrogens is 478 g/mol. The summed E-state index contributed by atoms with van der Waals surface area (Å²) < 4.78 is 7.01. The predicted molar refractivity (Wildman–Crippen MR) is 145 cm³/mol. The summed E-state index contributed by atoms with van der Waals surface area (Å²) in [6.45, 7) is 0.712. The van der Waals surface area contributed by atoms with E-state index in [1.54, 1.807) is 30.1 Å². The molecule has 0 unspecified atom stereocenters. The van der Waals surface area contributed by atoms with Crippen molar-refractivity contribution in [2.75, 3.05) is 19.4 Å². The highest BCUT2D eigenvalue weighted by Gasteiger charge is 2.40. The van der Waals surface area contributed by atoms with Gasteiger partial charge in [0.25, 0.3) is 11.8 Å². The fourth-order valence-electron chi connectivity index (χ4n) is 4.88. The van der Waals surface area contributed by atoms with Crippen molar-refractivity contribution in [1.82, 2.24) is 19.7 Å². The molecule has 0 saturated heterocycles. The number of hydrogen-bond donors (Lipinski definition) is 1. The topological polar surface area (TPSA) is 103 Å². The van der Waals surface area contributed by atoms with Gasteiger partial charge in [0.2, 0.25) is 0 Å². The summed E-state index contributed by atoms with van der Waals surface area (Å²) in [7, 11) is 1.62. The molecule has 5 aromatic rings. The predicted octanol–water partition coefficient (Wildman–Crippen LogP) is 4.58. The third-order valence-corrected chi connectivity index (χ3v) is 6.82. The van der Waals surface area contributed by atoms with Gasteiger partial charge in [0.15, 0.2) is 5.65 Å². The second-order valence-electron chi connectivity index (χ2n) is 9.22. The number of rotatable bonds is 7. The summed E-state index contributed by atoms with van der Waals surface area (Å²) in [5, 5.41) is 5.11. The third-order valence-electron chi connectivity index (χ3n) is 6.82. The Bertz CT molecular complexity index is 1680. The highest BCUT2D eigenvalue weighted by Crippen LogP contribution is 2.37. The standard InChI is InChI=1S/C30H25N5O3/c1-38-23-12-10-20(11-13-23)18-35-28-24(17-32-35)25-26(27(33-28)21-8-5-9-22(31)16-21)30(37)34(29(25)36)15-14-19-6-3-2-4-7-19/h2-13,16-17H,14-15,18,31H2,1H3. The lowest BCUT2D eigenvalue weighted by molar-refractivity contribution is 0.0657. The molecule has 0 fully saturated rings. The monoisotopic (exact) mass is 503 g/mol. The van der Waals surface area contributed by atoms with Crippen LogP contribution >= 0.6 is 0 Å². The van der Waals surface area contributed by atoms with Crippen LogP contribution in [0.1, 0.15) is 31.8 Å². The van der Waals surface area contributed by atoms with Crippen LogP contribution in [0.5, 0.6) is 5.75 Å². The van der Waals surface area contributed by atoms with Crippen molar-refractivity contribution in [2.24, 2.45) is 0 Å². The number of benzene rings is 3. The molecule has 0 saturated carbocycles. The first-order chi connectivity index (χ1) is 18.5. The Morgan fingerprint density at radius 3 is 2.37 bits per heavy atom. The van der Waals surface area contributed by atoms with Crippen LogP contribution < -0.4 is 10.5 Å². The normalized spacial score (nSPS) is 12.8. The van der Waals surface area contributed by atoms with E-state index in [9.17, 15) is 9.59 Å². The minimum Gasteiger partial charge on any atom is -0.497 e. The number of carbonyl (C=O) groups excluding carboxylic acids is 2. The number of carbonyl (C=O) groups is 2. The summed E-state index contributed by atoms with van der Waals surface area (Å²) in [6.07, 6.45) is 2.19. The van der Waals surface area contributed by atoms with E-state index in [2.05, 4.69) is 5.10 Å². The van der Waals surface area contributed by atoms with Crippen LogP contribution in [0.3, 0.4) is 0 Å². The van der Waals surface area contributed by atoms with Gasteiger partial charge in [-0.3, -0.25) is 14.5 Å². The maximum absolute atomic E-state index is 13.7. The first-order valence-electron chi connectivity index (χ1n) is 12.3. The van der Waals surface area contributed by atoms with Crippen molar-refractivity contribution < 1.29 is 14.3 Å². The molecule has 0 radical (unpaired) electrons. The average molecular weight is 504 g/mol. The lowest BCUT2D eigenvalue weighted by Crippen LogP contribution is -2.31. The number of imide groups is 1. The van der Waals surface area contributed by atoms with Gasteiger partial charge in [-0.15, -0.1) is 0 Å². The van der Waals surface area contributed by atoms with E-state index in [1.165, 1.54) is 4.90 Å². The molecule has 2 amide bonds. The van der Waals surface area contributed by atoms with Crippen molar-refractivity contribution in [3.8, 4) is 17.0 Å². The van der Waals surface area contributed by atoms with Gasteiger partial charge < -0.3 is 10.5 Å². The van der Waals surface area contributed by atoms with Gasteiger partial charge in [0, 0.05) is 17.8 Å². The Kier molecular flexibility index (Phi) is 5.84. The first-order valence-corrected chi connectivity index (χ1v) is 12.3. The van der Waals surface area contributed by atoms with Gasteiger partial charge in [0.1, 0.15) is 5.75 Å². The zero-order valence-corrected chi connectivity index (χ0v) is 20.8. The Balaban J connectivity index is 1.46. The Morgan fingerprint density at radius 1 is 0.868 bits per heavy atom. The maximum atomic E-state index is 13.7. The van der Waals surface area contributed by atoms with E-state index >= 15 is 0 Å². The van der Waals surface area contributed by atoms with Gasteiger partial charge in [-0.1, -0.05) is 54.6 Å². The van der Waals surface area contributed by atoms with Gasteiger partial charge in [0.05, 0.1) is 42.1 Å². The number of hydrogen-bond acceptors (Lipinski definition) is 6. The zero-order valence-electron chi connectivity index (χ0n) is 20.8. The molecule has 188 valence electrons. The molecule has 38 heavy (non-hydrogen) atoms. The highest BCUT2D eigenvalue weighted by molar-refractivity contribution is 6.28. The van der Waals surface area contributed by atoms with Crippen LogP contribution in [0, 0.1) is 0 Å². The Hall–Kier alpha value is -4.98. The van der Waals surface area contributed by atoms with Crippen LogP contribution in [0.15, 0.2) is 85.1 Å². The quantitative estimate of drug-likeness (QED) is 0.258. The molecular formula is C30H25N5O3. The molecule has 0 bridgehead atoms. The maximum Gasteiger partial charge on any atom is 0.263 e. The van der Waals surface area contributed by atoms with E-state index in [1.807, 2.05) is 66.7 Å². The van der Waals surface area contributed by atoms with Crippen LogP contribution in [0.2, 0.25) is 0 Å². The molecule has 0 aliphatic carbocycles. The van der Waals surface area contributed by atoms with Crippen molar-refractivity contribution in [3.05, 3.63) is 107 Å². The van der Waals surface area contributed by atoms with E-state index in [4.69, 9.17) is 15.5 Å². The SMILES string of the molecule is COc1ccc(Cn2ncc3c4c(c(-c5cccc(N)c5)nc32)C(=O)N(CCc2ccccc2)C4=O)cc1. The van der Waals surface area contributed by atoms with E-state index < -0.39 is 0 Å². The van der Waals surface area contributed by atoms with Crippen LogP contribution in [0.25, 0.3) is 22.3 Å². The summed E-state index contributed by atoms with van der Waals surface area (Å²) >= 11 is 0. The second-order valence-corrected chi connectivity index (χ2v) is 9.22. The number of nitrogens with two attached hydrogens (primary N) is 1. The van der Waals surface area contributed by atoms with Crippen molar-refractivity contribution in [1.29, 1.82) is 0 Å². The number of anilines is 1. The molecule has 2 N–H and O–H groups in total. The van der Waals surface area contributed by atoms with Crippen LogP contribution in [-0.2, 0) is 13.0 Å². The summed E-state index contributed by atoms with van der Waals surface area (Å²) in [5.74, 6) is 0.0804. The van der Waals surface area contributed by atoms with Crippen molar-refractivity contribution in [3.63, 3.8) is 0 Å². The summed E-state index contributed by atoms with van der Waals surface area (Å²) in [6, 6.07) is 24.7. The number of nitrogens with zero attached hydrogens (tertiary/aromatic N) is 4. The van der Waals surface area contributed by atoms with E-state index in [-0.39, 0.29) is 18.4 Å². The largest absolute Gasteiger partial charge is 0.497 e. The van der Waals surface area contributed by atoms with Gasteiger partial charge >= 0.3 is 0 Å². The number of methoxy groups -OCH3 is 1. The number of amides is 2. The molecule has 8 heteroatoms. The average Bonchev–Trinajstić information content (AvgIpc) is 3.45. The molecule has 3 heterocycles. The van der Waals surface area contributed by atoms with Crippen LogP contribution in [-0.4, -0.2) is 45.1 Å². The molecule has 8 nitrogen and oxygen atoms in total. The molecule has 0 spiro atoms. The van der Waals surface area contributed by atoms with Crippen molar-refractivity contribution >= 4 is 28.5 Å². The zero-order chi connectivity index (χ0) is 26.2. The smallest absolute Gasteiger partial charge is 0.263 e. The number of nitrogen functional groups attached to an aromatic ring is 1. The second kappa shape index (κ2) is 9.48. The van der Waals surface area contributed by atoms with Gasteiger partial charge in [-0.2, -0.15) is 5.10 Å². The van der Waals surface area contributed by atoms with Gasteiger partial charge in [-0.05, 0) is 41.8 Å². The minimum absolute atomic E-state index is 0.272. The van der Waals surface area contributed by atoms with E-state index in [0.717, 1.165) is 16.9 Å². The number of pyridine rings is 1. The molecule has 1 aliphatic rings. The third kappa shape index (κ3) is 4.06. The fraction of sp³-hybridized carbons (Fsp3) is 0.133. The lowest BCUT2D eigenvalue weighted by atomic mass is 10.00. The Labute approximate surface area is 219 Å². The summed E-state index contributed by atoms with van der Waals surface area (Å²) in [4.78, 5) is 33.7. The van der Waals surface area contributed by atoms with E-state index in [0.29, 0.717) is 52.1 Å². The molecule has 1 aliphatic heterocycles. The minimum atomic E-state index is -0.351. The Morgan fingerprint density at radius 2 is 1.63 bits per heavy atom. The van der Waals surface area contributed by atoms with Crippen LogP contribution in [0.4, 0.5) is 5.69 Å². The molecule has 2 aromatic heterocycles. The fourth-order valence-corrected chi connectivity index (χ4v) is 4.88. The number of aromatic nitrogens is 3. The highest BCUT2D eigenvalue weighted by atomic mass is 16.5. The first kappa shape index (κ1) is 23.4. The number of ether oxygens (including phenoxy) is 1. The van der Waals surface area contributed by atoms with Gasteiger partial charge in [-0.25, -0.2) is 9.67 Å². The van der Waals surface area contributed by atoms with Crippen molar-refractivity contribution in [2.45, 2.75) is 13.0 Å².